The lowest BCUT2D eigenvalue weighted by molar-refractivity contribution is 0.440. The van der Waals surface area contributed by atoms with E-state index in [2.05, 4.69) is 11.6 Å². The molecule has 0 saturated carbocycles. The van der Waals surface area contributed by atoms with Crippen LogP contribution in [0.5, 0.6) is 0 Å². The van der Waals surface area contributed by atoms with Crippen molar-refractivity contribution in [2.45, 2.75) is 6.42 Å². The van der Waals surface area contributed by atoms with Gasteiger partial charge in [-0.2, -0.15) is 0 Å². The Morgan fingerprint density at radius 1 is 1.54 bits per heavy atom. The van der Waals surface area contributed by atoms with Crippen molar-refractivity contribution in [2.24, 2.45) is 10.7 Å². The second-order valence-corrected chi connectivity index (χ2v) is 2.62. The van der Waals surface area contributed by atoms with E-state index >= 15 is 0 Å². The molecule has 1 rings (SSSR count). The van der Waals surface area contributed by atoms with Crippen molar-refractivity contribution < 1.29 is 5.11 Å². The van der Waals surface area contributed by atoms with Crippen LogP contribution >= 0.6 is 0 Å². The zero-order valence-electron chi connectivity index (χ0n) is 7.27. The fraction of sp³-hybridized carbons (Fsp3) is 0.100. The third kappa shape index (κ3) is 2.63. The van der Waals surface area contributed by atoms with E-state index < -0.39 is 0 Å². The number of nitrogens with two attached hydrogens (primary N) is 1. The van der Waals surface area contributed by atoms with E-state index in [-0.39, 0.29) is 5.76 Å². The number of hydrogen-bond acceptors (Lipinski definition) is 3. The minimum absolute atomic E-state index is 0.169. The number of aliphatic hydroxyl groups is 1. The Morgan fingerprint density at radius 3 is 3.00 bits per heavy atom. The standard InChI is InChI=1S/C10H12N2O/c1-2-3-6-12-9-7-8(11)4-5-10(9)13/h2-6,13H,1,7,11H2/b6-3-,12-9?. The van der Waals surface area contributed by atoms with Crippen LogP contribution in [0.25, 0.3) is 0 Å². The second-order valence-electron chi connectivity index (χ2n) is 2.62. The average Bonchev–Trinajstić information content (AvgIpc) is 2.11. The lowest BCUT2D eigenvalue weighted by Gasteiger charge is -2.08. The highest BCUT2D eigenvalue weighted by Gasteiger charge is 2.09. The predicted molar refractivity (Wildman–Crippen MR) is 54.4 cm³/mol. The number of aliphatic hydroxyl groups excluding tert-OH is 1. The molecule has 0 aromatic carbocycles. The van der Waals surface area contributed by atoms with Crippen LogP contribution in [-0.4, -0.2) is 10.8 Å². The quantitative estimate of drug-likeness (QED) is 0.630. The third-order valence-corrected chi connectivity index (χ3v) is 1.58. The Balaban J connectivity index is 2.78. The van der Waals surface area contributed by atoms with Gasteiger partial charge in [0, 0.05) is 18.3 Å². The Labute approximate surface area is 77.3 Å². The van der Waals surface area contributed by atoms with Crippen LogP contribution < -0.4 is 5.73 Å². The Bertz CT molecular complexity index is 322. The van der Waals surface area contributed by atoms with E-state index in [0.29, 0.717) is 17.8 Å². The molecule has 0 amide bonds. The third-order valence-electron chi connectivity index (χ3n) is 1.58. The largest absolute Gasteiger partial charge is 0.506 e. The van der Waals surface area contributed by atoms with Gasteiger partial charge in [0.05, 0.1) is 5.71 Å². The minimum Gasteiger partial charge on any atom is -0.506 e. The fourth-order valence-corrected chi connectivity index (χ4v) is 0.931. The molecule has 0 aromatic heterocycles. The maximum atomic E-state index is 9.36. The summed E-state index contributed by atoms with van der Waals surface area (Å²) < 4.78 is 0. The van der Waals surface area contributed by atoms with Gasteiger partial charge in [0.15, 0.2) is 0 Å². The van der Waals surface area contributed by atoms with E-state index in [0.717, 1.165) is 0 Å². The summed E-state index contributed by atoms with van der Waals surface area (Å²) in [6.45, 7) is 3.51. The number of hydrogen-bond donors (Lipinski definition) is 2. The molecule has 0 saturated heterocycles. The van der Waals surface area contributed by atoms with E-state index in [4.69, 9.17) is 5.73 Å². The lowest BCUT2D eigenvalue weighted by Crippen LogP contribution is -2.12. The van der Waals surface area contributed by atoms with Crippen LogP contribution in [0.3, 0.4) is 0 Å². The van der Waals surface area contributed by atoms with Crippen LogP contribution in [0.1, 0.15) is 6.42 Å². The van der Waals surface area contributed by atoms with Crippen LogP contribution in [0.2, 0.25) is 0 Å². The highest BCUT2D eigenvalue weighted by atomic mass is 16.3. The first-order valence-electron chi connectivity index (χ1n) is 3.94. The van der Waals surface area contributed by atoms with Gasteiger partial charge in [-0.25, -0.2) is 0 Å². The fourth-order valence-electron chi connectivity index (χ4n) is 0.931. The zero-order chi connectivity index (χ0) is 9.68. The number of aliphatic imine (C=N–C) groups is 1. The predicted octanol–water partition coefficient (Wildman–Crippen LogP) is 1.82. The molecule has 0 radical (unpaired) electrons. The van der Waals surface area contributed by atoms with Crippen LogP contribution in [0.4, 0.5) is 0 Å². The number of nitrogens with zero attached hydrogens (tertiary/aromatic N) is 1. The van der Waals surface area contributed by atoms with Gasteiger partial charge >= 0.3 is 0 Å². The molecule has 0 spiro atoms. The molecular formula is C10H12N2O. The number of allylic oxidation sites excluding steroid dienone is 6. The molecule has 0 aromatic rings. The summed E-state index contributed by atoms with van der Waals surface area (Å²) in [5.74, 6) is 0.169. The molecule has 3 N–H and O–H groups in total. The molecule has 0 bridgehead atoms. The monoisotopic (exact) mass is 176 g/mol. The van der Waals surface area contributed by atoms with Crippen molar-refractivity contribution in [3.8, 4) is 0 Å². The van der Waals surface area contributed by atoms with E-state index in [1.165, 1.54) is 0 Å². The van der Waals surface area contributed by atoms with Gasteiger partial charge in [-0.05, 0) is 18.2 Å². The van der Waals surface area contributed by atoms with Crippen LogP contribution in [-0.2, 0) is 0 Å². The molecular weight excluding hydrogens is 164 g/mol. The zero-order valence-corrected chi connectivity index (χ0v) is 7.27. The number of rotatable bonds is 2. The van der Waals surface area contributed by atoms with Gasteiger partial charge in [0.1, 0.15) is 5.76 Å². The van der Waals surface area contributed by atoms with Gasteiger partial charge in [0.25, 0.3) is 0 Å². The summed E-state index contributed by atoms with van der Waals surface area (Å²) in [7, 11) is 0. The van der Waals surface area contributed by atoms with Gasteiger partial charge in [-0.1, -0.05) is 12.7 Å². The summed E-state index contributed by atoms with van der Waals surface area (Å²) in [5.41, 5.74) is 6.85. The van der Waals surface area contributed by atoms with Crippen molar-refractivity contribution in [1.29, 1.82) is 0 Å². The normalized spacial score (nSPS) is 20.2. The summed E-state index contributed by atoms with van der Waals surface area (Å²) in [6, 6.07) is 0. The van der Waals surface area contributed by atoms with Crippen molar-refractivity contribution in [3.05, 3.63) is 48.5 Å². The molecule has 0 unspecified atom stereocenters. The first-order chi connectivity index (χ1) is 6.24. The molecule has 68 valence electrons. The second kappa shape index (κ2) is 4.30. The molecule has 0 aliphatic heterocycles. The van der Waals surface area contributed by atoms with E-state index in [9.17, 15) is 5.11 Å². The smallest absolute Gasteiger partial charge is 0.137 e. The summed E-state index contributed by atoms with van der Waals surface area (Å²) in [5, 5.41) is 9.36. The van der Waals surface area contributed by atoms with Crippen molar-refractivity contribution in [3.63, 3.8) is 0 Å². The maximum absolute atomic E-state index is 9.36. The van der Waals surface area contributed by atoms with Gasteiger partial charge in [-0.15, -0.1) is 0 Å². The van der Waals surface area contributed by atoms with Crippen molar-refractivity contribution in [1.82, 2.24) is 0 Å². The Hall–Kier alpha value is -1.77. The van der Waals surface area contributed by atoms with Crippen LogP contribution in [0.15, 0.2) is 53.5 Å². The molecule has 0 heterocycles. The topological polar surface area (TPSA) is 58.6 Å². The maximum Gasteiger partial charge on any atom is 0.137 e. The molecule has 13 heavy (non-hydrogen) atoms. The minimum atomic E-state index is 0.169. The van der Waals surface area contributed by atoms with E-state index in [1.54, 1.807) is 30.5 Å². The van der Waals surface area contributed by atoms with Gasteiger partial charge in [-0.3, -0.25) is 4.99 Å². The van der Waals surface area contributed by atoms with Crippen molar-refractivity contribution in [2.75, 3.05) is 0 Å². The van der Waals surface area contributed by atoms with E-state index in [1.807, 2.05) is 0 Å². The highest BCUT2D eigenvalue weighted by molar-refractivity contribution is 6.01. The average molecular weight is 176 g/mol. The van der Waals surface area contributed by atoms with Gasteiger partial charge in [0.2, 0.25) is 0 Å². The molecule has 0 fully saturated rings. The molecule has 1 aliphatic carbocycles. The van der Waals surface area contributed by atoms with Crippen molar-refractivity contribution >= 4 is 5.71 Å². The van der Waals surface area contributed by atoms with Crippen LogP contribution in [0, 0.1) is 0 Å². The van der Waals surface area contributed by atoms with Gasteiger partial charge < -0.3 is 10.8 Å². The first kappa shape index (κ1) is 9.32. The Morgan fingerprint density at radius 2 is 2.31 bits per heavy atom. The molecule has 3 heteroatoms. The molecule has 1 aliphatic rings. The first-order valence-corrected chi connectivity index (χ1v) is 3.94. The molecule has 0 atom stereocenters. The molecule has 3 nitrogen and oxygen atoms in total. The SMILES string of the molecule is C=C/C=C\N=C1CC(N)=CC=C1O. The summed E-state index contributed by atoms with van der Waals surface area (Å²) in [4.78, 5) is 4.03. The Kier molecular flexibility index (Phi) is 3.09. The lowest BCUT2D eigenvalue weighted by atomic mass is 10.1. The summed E-state index contributed by atoms with van der Waals surface area (Å²) >= 11 is 0. The highest BCUT2D eigenvalue weighted by Crippen LogP contribution is 2.10. The summed E-state index contributed by atoms with van der Waals surface area (Å²) in [6.07, 6.45) is 8.58.